The Balaban J connectivity index is 1.45. The van der Waals surface area contributed by atoms with Crippen molar-refractivity contribution in [2.75, 3.05) is 6.54 Å². The van der Waals surface area contributed by atoms with Gasteiger partial charge in [0.05, 0.1) is 0 Å². The van der Waals surface area contributed by atoms with Crippen LogP contribution < -0.4 is 0 Å². The molecule has 154 valence electrons. The van der Waals surface area contributed by atoms with Crippen LogP contribution in [0.1, 0.15) is 47.3 Å². The van der Waals surface area contributed by atoms with Gasteiger partial charge < -0.3 is 9.80 Å². The Kier molecular flexibility index (Phi) is 5.58. The summed E-state index contributed by atoms with van der Waals surface area (Å²) in [5.74, 6) is 0.517. The molecule has 2 aromatic carbocycles. The summed E-state index contributed by atoms with van der Waals surface area (Å²) < 4.78 is 0. The van der Waals surface area contributed by atoms with E-state index in [0.717, 1.165) is 39.8 Å². The Morgan fingerprint density at radius 1 is 0.967 bits per heavy atom. The highest BCUT2D eigenvalue weighted by Crippen LogP contribution is 2.27. The normalized spacial score (nSPS) is 18.5. The molecule has 2 heterocycles. The Morgan fingerprint density at radius 2 is 1.63 bits per heavy atom. The molecule has 0 aliphatic carbocycles. The SMILES string of the molecule is C=C1CN(Cc2cccc(CN3Cc4ccccc4C3=O)c2)C(=O)/C1=C/[C@@H](C)CC. The van der Waals surface area contributed by atoms with E-state index in [1.165, 1.54) is 0 Å². The second-order valence-corrected chi connectivity index (χ2v) is 8.37. The van der Waals surface area contributed by atoms with Crippen LogP contribution in [0, 0.1) is 5.92 Å². The molecule has 4 nitrogen and oxygen atoms in total. The zero-order chi connectivity index (χ0) is 21.3. The highest BCUT2D eigenvalue weighted by Gasteiger charge is 2.30. The zero-order valence-electron chi connectivity index (χ0n) is 17.7. The van der Waals surface area contributed by atoms with Gasteiger partial charge in [0.2, 0.25) is 0 Å². The van der Waals surface area contributed by atoms with Crippen LogP contribution in [0.15, 0.2) is 72.3 Å². The average molecular weight is 401 g/mol. The Bertz CT molecular complexity index is 1040. The predicted molar refractivity (Wildman–Crippen MR) is 119 cm³/mol. The Hall–Kier alpha value is -3.14. The minimum Gasteiger partial charge on any atom is -0.330 e. The fourth-order valence-electron chi connectivity index (χ4n) is 4.14. The molecule has 1 atom stereocenters. The third-order valence-electron chi connectivity index (χ3n) is 6.01. The molecule has 0 unspecified atom stereocenters. The van der Waals surface area contributed by atoms with Crippen LogP contribution in [0.4, 0.5) is 0 Å². The van der Waals surface area contributed by atoms with Crippen molar-refractivity contribution in [1.82, 2.24) is 9.80 Å². The molecule has 0 radical (unpaired) electrons. The van der Waals surface area contributed by atoms with Crippen molar-refractivity contribution in [2.24, 2.45) is 5.92 Å². The average Bonchev–Trinajstić information content (AvgIpc) is 3.19. The highest BCUT2D eigenvalue weighted by molar-refractivity contribution is 6.01. The fourth-order valence-corrected chi connectivity index (χ4v) is 4.14. The van der Waals surface area contributed by atoms with Crippen molar-refractivity contribution >= 4 is 11.8 Å². The quantitative estimate of drug-likeness (QED) is 0.659. The van der Waals surface area contributed by atoms with Crippen LogP contribution in [0.2, 0.25) is 0 Å². The first kappa shape index (κ1) is 20.1. The first-order chi connectivity index (χ1) is 14.5. The van der Waals surface area contributed by atoms with E-state index in [-0.39, 0.29) is 11.8 Å². The molecule has 0 spiro atoms. The molecule has 4 rings (SSSR count). The molecule has 0 saturated carbocycles. The summed E-state index contributed by atoms with van der Waals surface area (Å²) in [6, 6.07) is 16.0. The molecule has 1 saturated heterocycles. The number of hydrogen-bond acceptors (Lipinski definition) is 2. The monoisotopic (exact) mass is 400 g/mol. The second-order valence-electron chi connectivity index (χ2n) is 8.37. The first-order valence-corrected chi connectivity index (χ1v) is 10.6. The van der Waals surface area contributed by atoms with Gasteiger partial charge in [-0.25, -0.2) is 0 Å². The van der Waals surface area contributed by atoms with E-state index in [1.54, 1.807) is 0 Å². The van der Waals surface area contributed by atoms with E-state index in [2.05, 4.69) is 32.6 Å². The van der Waals surface area contributed by atoms with Crippen molar-refractivity contribution in [3.8, 4) is 0 Å². The number of carbonyl (C=O) groups is 2. The number of carbonyl (C=O) groups excluding carboxylic acids is 2. The first-order valence-electron chi connectivity index (χ1n) is 10.6. The van der Waals surface area contributed by atoms with Gasteiger partial charge >= 0.3 is 0 Å². The van der Waals surface area contributed by atoms with Crippen molar-refractivity contribution in [3.05, 3.63) is 94.6 Å². The van der Waals surface area contributed by atoms with E-state index in [1.807, 2.05) is 52.3 Å². The van der Waals surface area contributed by atoms with Crippen LogP contribution in [0.3, 0.4) is 0 Å². The standard InChI is InChI=1S/C26H28N2O2/c1-4-18(2)12-24-19(3)14-27(26(24)30)15-20-8-7-9-21(13-20)16-28-17-22-10-5-6-11-23(22)25(28)29/h5-13,18H,3-4,14-17H2,1-2H3/b24-12+/t18-/m0/s1. The number of likely N-dealkylation sites (tertiary alicyclic amines) is 1. The molecule has 2 aliphatic rings. The number of allylic oxidation sites excluding steroid dienone is 1. The maximum atomic E-state index is 12.8. The van der Waals surface area contributed by atoms with Gasteiger partial charge in [-0.05, 0) is 34.2 Å². The molecule has 30 heavy (non-hydrogen) atoms. The van der Waals surface area contributed by atoms with Crippen LogP contribution in [0.5, 0.6) is 0 Å². The van der Waals surface area contributed by atoms with Crippen LogP contribution in [-0.4, -0.2) is 28.2 Å². The van der Waals surface area contributed by atoms with Crippen molar-refractivity contribution in [2.45, 2.75) is 39.9 Å². The molecule has 4 heteroatoms. The molecule has 2 aromatic rings. The van der Waals surface area contributed by atoms with Gasteiger partial charge in [0.25, 0.3) is 11.8 Å². The van der Waals surface area contributed by atoms with E-state index in [0.29, 0.717) is 32.1 Å². The van der Waals surface area contributed by atoms with Crippen LogP contribution in [0.25, 0.3) is 0 Å². The Morgan fingerprint density at radius 3 is 2.30 bits per heavy atom. The molecule has 0 N–H and O–H groups in total. The van der Waals surface area contributed by atoms with E-state index in [4.69, 9.17) is 0 Å². The molecule has 2 amide bonds. The maximum Gasteiger partial charge on any atom is 0.254 e. The van der Waals surface area contributed by atoms with E-state index in [9.17, 15) is 9.59 Å². The van der Waals surface area contributed by atoms with Gasteiger partial charge in [0, 0.05) is 37.3 Å². The number of fused-ring (bicyclic) bond motifs is 1. The topological polar surface area (TPSA) is 40.6 Å². The van der Waals surface area contributed by atoms with Gasteiger partial charge in [-0.15, -0.1) is 0 Å². The van der Waals surface area contributed by atoms with Crippen LogP contribution >= 0.6 is 0 Å². The predicted octanol–water partition coefficient (Wildman–Crippen LogP) is 4.71. The summed E-state index contributed by atoms with van der Waals surface area (Å²) in [6.45, 7) is 10.7. The highest BCUT2D eigenvalue weighted by atomic mass is 16.2. The van der Waals surface area contributed by atoms with Gasteiger partial charge in [0.1, 0.15) is 0 Å². The minimum atomic E-state index is 0.0656. The van der Waals surface area contributed by atoms with Crippen molar-refractivity contribution in [1.29, 1.82) is 0 Å². The summed E-state index contributed by atoms with van der Waals surface area (Å²) >= 11 is 0. The summed E-state index contributed by atoms with van der Waals surface area (Å²) in [6.07, 6.45) is 3.06. The number of rotatable bonds is 6. The lowest BCUT2D eigenvalue weighted by molar-refractivity contribution is -0.125. The molecular weight excluding hydrogens is 372 g/mol. The number of hydrogen-bond donors (Lipinski definition) is 0. The lowest BCUT2D eigenvalue weighted by Crippen LogP contribution is -2.25. The number of amides is 2. The lowest BCUT2D eigenvalue weighted by Gasteiger charge is -2.18. The van der Waals surface area contributed by atoms with Crippen LogP contribution in [-0.2, 0) is 24.4 Å². The largest absolute Gasteiger partial charge is 0.330 e. The Labute approximate surface area is 178 Å². The second kappa shape index (κ2) is 8.31. The fraction of sp³-hybridized carbons (Fsp3) is 0.308. The van der Waals surface area contributed by atoms with E-state index >= 15 is 0 Å². The van der Waals surface area contributed by atoms with Gasteiger partial charge in [-0.3, -0.25) is 9.59 Å². The maximum absolute atomic E-state index is 12.8. The summed E-state index contributed by atoms with van der Waals surface area (Å²) in [4.78, 5) is 29.2. The van der Waals surface area contributed by atoms with Crippen molar-refractivity contribution in [3.63, 3.8) is 0 Å². The smallest absolute Gasteiger partial charge is 0.254 e. The third-order valence-corrected chi connectivity index (χ3v) is 6.01. The van der Waals surface area contributed by atoms with Crippen molar-refractivity contribution < 1.29 is 9.59 Å². The minimum absolute atomic E-state index is 0.0656. The molecule has 0 aromatic heterocycles. The van der Waals surface area contributed by atoms with Gasteiger partial charge in [-0.2, -0.15) is 0 Å². The van der Waals surface area contributed by atoms with Gasteiger partial charge in [0.15, 0.2) is 0 Å². The summed E-state index contributed by atoms with van der Waals surface area (Å²) in [5.41, 5.74) is 5.70. The van der Waals surface area contributed by atoms with Gasteiger partial charge in [-0.1, -0.05) is 75.4 Å². The summed E-state index contributed by atoms with van der Waals surface area (Å²) in [5, 5.41) is 0. The summed E-state index contributed by atoms with van der Waals surface area (Å²) in [7, 11) is 0. The lowest BCUT2D eigenvalue weighted by atomic mass is 10.0. The molecule has 2 aliphatic heterocycles. The molecule has 0 bridgehead atoms. The zero-order valence-corrected chi connectivity index (χ0v) is 17.7. The number of benzene rings is 2. The third kappa shape index (κ3) is 3.95. The molecule has 1 fully saturated rings. The number of nitrogens with zero attached hydrogens (tertiary/aromatic N) is 2. The molecular formula is C26H28N2O2. The van der Waals surface area contributed by atoms with E-state index < -0.39 is 0 Å².